The molecule has 0 unspecified atom stereocenters. The van der Waals surface area contributed by atoms with Gasteiger partial charge in [0, 0.05) is 26.2 Å². The van der Waals surface area contributed by atoms with Crippen LogP contribution in [0.15, 0.2) is 60.2 Å². The molecule has 11 heteroatoms. The fourth-order valence-electron chi connectivity index (χ4n) is 3.73. The first-order valence-electron chi connectivity index (χ1n) is 10.1. The van der Waals surface area contributed by atoms with E-state index in [1.807, 2.05) is 42.2 Å². The molecule has 1 saturated heterocycles. The minimum absolute atomic E-state index is 0.183. The van der Waals surface area contributed by atoms with Crippen molar-refractivity contribution in [1.82, 2.24) is 34.1 Å². The first-order chi connectivity index (χ1) is 15.5. The fraction of sp³-hybridized carbons (Fsp3) is 0.238. The second-order valence-corrected chi connectivity index (χ2v) is 7.60. The summed E-state index contributed by atoms with van der Waals surface area (Å²) in [5, 5.41) is 6.91. The Morgan fingerprint density at radius 1 is 1.09 bits per heavy atom. The maximum absolute atomic E-state index is 13.0. The lowest BCUT2D eigenvalue weighted by molar-refractivity contribution is -0.120. The van der Waals surface area contributed by atoms with Crippen LogP contribution < -0.4 is 15.8 Å². The van der Waals surface area contributed by atoms with Crippen molar-refractivity contribution in [3.05, 3.63) is 71.4 Å². The summed E-state index contributed by atoms with van der Waals surface area (Å²) < 4.78 is 4.84. The molecule has 1 aliphatic rings. The molecule has 4 aromatic rings. The third kappa shape index (κ3) is 3.33. The number of benzene rings is 1. The van der Waals surface area contributed by atoms with Crippen LogP contribution in [0.5, 0.6) is 0 Å². The molecule has 0 atom stereocenters. The fourth-order valence-corrected chi connectivity index (χ4v) is 3.73. The Hall–Kier alpha value is -4.28. The third-order valence-corrected chi connectivity index (χ3v) is 5.67. The summed E-state index contributed by atoms with van der Waals surface area (Å²) in [6.45, 7) is 2.81. The Morgan fingerprint density at radius 3 is 2.56 bits per heavy atom. The molecule has 32 heavy (non-hydrogen) atoms. The van der Waals surface area contributed by atoms with Gasteiger partial charge in [0.15, 0.2) is 5.82 Å². The second kappa shape index (κ2) is 7.76. The molecule has 0 saturated carbocycles. The van der Waals surface area contributed by atoms with Crippen molar-refractivity contribution < 1.29 is 4.79 Å². The Kier molecular flexibility index (Phi) is 4.77. The quantitative estimate of drug-likeness (QED) is 0.500. The summed E-state index contributed by atoms with van der Waals surface area (Å²) in [5.41, 5.74) is 1.48. The number of carbonyl (C=O) groups is 1. The third-order valence-electron chi connectivity index (χ3n) is 5.67. The maximum atomic E-state index is 13.0. The van der Waals surface area contributed by atoms with Gasteiger partial charge < -0.3 is 10.2 Å². The zero-order valence-corrected chi connectivity index (χ0v) is 17.6. The van der Waals surface area contributed by atoms with E-state index in [1.165, 1.54) is 12.7 Å². The summed E-state index contributed by atoms with van der Waals surface area (Å²) in [7, 11) is 1.80. The predicted molar refractivity (Wildman–Crippen MR) is 117 cm³/mol. The lowest BCUT2D eigenvalue weighted by Crippen LogP contribution is -2.52. The minimum atomic E-state index is -0.256. The van der Waals surface area contributed by atoms with Crippen LogP contribution in [-0.2, 0) is 11.8 Å². The summed E-state index contributed by atoms with van der Waals surface area (Å²) in [6.07, 6.45) is 4.45. The number of amides is 1. The van der Waals surface area contributed by atoms with Gasteiger partial charge in [0.25, 0.3) is 5.56 Å². The maximum Gasteiger partial charge on any atom is 0.295 e. The molecular weight excluding hydrogens is 410 g/mol. The van der Waals surface area contributed by atoms with E-state index < -0.39 is 0 Å². The van der Waals surface area contributed by atoms with Crippen LogP contribution in [0, 0.1) is 12.8 Å². The molecule has 4 heterocycles. The van der Waals surface area contributed by atoms with Gasteiger partial charge in [0.05, 0.1) is 17.3 Å². The second-order valence-electron chi connectivity index (χ2n) is 7.60. The molecule has 1 aromatic carbocycles. The van der Waals surface area contributed by atoms with Crippen LogP contribution in [0.25, 0.3) is 11.5 Å². The summed E-state index contributed by atoms with van der Waals surface area (Å²) in [5.74, 6) is 0.875. The average molecular weight is 431 g/mol. The highest BCUT2D eigenvalue weighted by atomic mass is 16.2. The van der Waals surface area contributed by atoms with Crippen LogP contribution in [0.4, 0.5) is 11.5 Å². The highest BCUT2D eigenvalue weighted by molar-refractivity contribution is 5.94. The molecule has 0 bridgehead atoms. The van der Waals surface area contributed by atoms with E-state index in [-0.39, 0.29) is 17.4 Å². The van der Waals surface area contributed by atoms with Gasteiger partial charge in [-0.25, -0.2) is 24.3 Å². The molecule has 3 aromatic heterocycles. The standard InChI is InChI=1S/C21H21N9O2/c1-14-19(21(32)30(27(14)2)16-6-4-3-5-7-16)26-20(31)15-9-28(10-15)17-8-18(24-12-23-17)29-13-22-11-25-29/h3-8,11-13,15H,9-10H2,1-2H3,(H,26,31). The number of para-hydroxylation sites is 1. The van der Waals surface area contributed by atoms with E-state index in [4.69, 9.17) is 0 Å². The monoisotopic (exact) mass is 431 g/mol. The number of anilines is 2. The van der Waals surface area contributed by atoms with E-state index in [2.05, 4.69) is 25.4 Å². The van der Waals surface area contributed by atoms with E-state index in [9.17, 15) is 9.59 Å². The minimum Gasteiger partial charge on any atom is -0.355 e. The Labute approximate surface area is 183 Å². The zero-order chi connectivity index (χ0) is 22.2. The first-order valence-corrected chi connectivity index (χ1v) is 10.1. The van der Waals surface area contributed by atoms with Gasteiger partial charge in [-0.1, -0.05) is 18.2 Å². The van der Waals surface area contributed by atoms with Gasteiger partial charge in [0.1, 0.15) is 30.5 Å². The highest BCUT2D eigenvalue weighted by Gasteiger charge is 2.34. The molecule has 162 valence electrons. The molecule has 0 aliphatic carbocycles. The largest absolute Gasteiger partial charge is 0.355 e. The summed E-state index contributed by atoms with van der Waals surface area (Å²) in [6, 6.07) is 11.1. The van der Waals surface area contributed by atoms with Crippen molar-refractivity contribution in [1.29, 1.82) is 0 Å². The number of rotatable bonds is 5. The van der Waals surface area contributed by atoms with Crippen molar-refractivity contribution in [2.45, 2.75) is 6.92 Å². The topological polar surface area (TPSA) is 116 Å². The van der Waals surface area contributed by atoms with E-state index in [1.54, 1.807) is 33.5 Å². The predicted octanol–water partition coefficient (Wildman–Crippen LogP) is 0.930. The van der Waals surface area contributed by atoms with E-state index >= 15 is 0 Å². The number of nitrogens with one attached hydrogen (secondary N) is 1. The molecule has 5 rings (SSSR count). The van der Waals surface area contributed by atoms with Crippen molar-refractivity contribution in [3.63, 3.8) is 0 Å². The van der Waals surface area contributed by atoms with Crippen molar-refractivity contribution in [2.75, 3.05) is 23.3 Å². The number of hydrogen-bond donors (Lipinski definition) is 1. The van der Waals surface area contributed by atoms with Crippen molar-refractivity contribution in [3.8, 4) is 11.5 Å². The molecule has 1 amide bonds. The highest BCUT2D eigenvalue weighted by Crippen LogP contribution is 2.25. The molecule has 0 radical (unpaired) electrons. The van der Waals surface area contributed by atoms with Gasteiger partial charge in [0.2, 0.25) is 5.91 Å². The molecule has 0 spiro atoms. The Bertz CT molecular complexity index is 1320. The Morgan fingerprint density at radius 2 is 1.84 bits per heavy atom. The van der Waals surface area contributed by atoms with Crippen LogP contribution in [0.1, 0.15) is 5.69 Å². The average Bonchev–Trinajstić information content (AvgIpc) is 3.38. The van der Waals surface area contributed by atoms with Crippen LogP contribution >= 0.6 is 0 Å². The zero-order valence-electron chi connectivity index (χ0n) is 17.6. The number of nitrogens with zero attached hydrogens (tertiary/aromatic N) is 8. The smallest absolute Gasteiger partial charge is 0.295 e. The van der Waals surface area contributed by atoms with Crippen LogP contribution in [-0.4, -0.2) is 53.1 Å². The molecule has 1 fully saturated rings. The normalized spacial score (nSPS) is 13.8. The van der Waals surface area contributed by atoms with Gasteiger partial charge in [-0.05, 0) is 19.1 Å². The molecular formula is C21H21N9O2. The number of hydrogen-bond acceptors (Lipinski definition) is 7. The number of carbonyl (C=O) groups excluding carboxylic acids is 1. The van der Waals surface area contributed by atoms with Gasteiger partial charge in [-0.15, -0.1) is 0 Å². The molecule has 11 nitrogen and oxygen atoms in total. The van der Waals surface area contributed by atoms with Gasteiger partial charge in [-0.2, -0.15) is 5.10 Å². The molecule has 1 N–H and O–H groups in total. The van der Waals surface area contributed by atoms with Gasteiger partial charge >= 0.3 is 0 Å². The van der Waals surface area contributed by atoms with Crippen LogP contribution in [0.3, 0.4) is 0 Å². The lowest BCUT2D eigenvalue weighted by atomic mass is 9.99. The van der Waals surface area contributed by atoms with Crippen molar-refractivity contribution >= 4 is 17.4 Å². The van der Waals surface area contributed by atoms with Gasteiger partial charge in [-0.3, -0.25) is 14.3 Å². The Balaban J connectivity index is 1.29. The van der Waals surface area contributed by atoms with Crippen LogP contribution in [0.2, 0.25) is 0 Å². The van der Waals surface area contributed by atoms with E-state index in [0.29, 0.717) is 36.1 Å². The summed E-state index contributed by atoms with van der Waals surface area (Å²) in [4.78, 5) is 40.2. The van der Waals surface area contributed by atoms with E-state index in [0.717, 1.165) is 5.69 Å². The first kappa shape index (κ1) is 19.7. The lowest BCUT2D eigenvalue weighted by Gasteiger charge is -2.38. The SMILES string of the molecule is Cc1c(NC(=O)C2CN(c3cc(-n4cncn4)ncn3)C2)c(=O)n(-c2ccccc2)n1C. The summed E-state index contributed by atoms with van der Waals surface area (Å²) >= 11 is 0. The molecule has 1 aliphatic heterocycles. The number of aromatic nitrogens is 7. The van der Waals surface area contributed by atoms with Crippen molar-refractivity contribution in [2.24, 2.45) is 13.0 Å².